The third kappa shape index (κ3) is 3.33. The lowest BCUT2D eigenvalue weighted by atomic mass is 9.85. The summed E-state index contributed by atoms with van der Waals surface area (Å²) >= 11 is 0. The van der Waals surface area contributed by atoms with Gasteiger partial charge in [0.1, 0.15) is 0 Å². The molecule has 1 saturated carbocycles. The smallest absolute Gasteiger partial charge is 0.385 e. The minimum Gasteiger partial charge on any atom is -0.385 e. The molecule has 2 rings (SSSR count). The van der Waals surface area contributed by atoms with Gasteiger partial charge in [-0.15, -0.1) is 0 Å². The van der Waals surface area contributed by atoms with Crippen molar-refractivity contribution in [3.63, 3.8) is 0 Å². The Morgan fingerprint density at radius 3 is 2.00 bits per heavy atom. The molecule has 1 fully saturated rings. The summed E-state index contributed by atoms with van der Waals surface area (Å²) in [6.45, 7) is 0.702. The molecule has 0 spiro atoms. The van der Waals surface area contributed by atoms with Crippen molar-refractivity contribution in [2.45, 2.75) is 31.0 Å². The Morgan fingerprint density at radius 2 is 1.60 bits per heavy atom. The molecule has 5 heteroatoms. The van der Waals surface area contributed by atoms with Gasteiger partial charge in [-0.25, -0.2) is 0 Å². The van der Waals surface area contributed by atoms with E-state index in [9.17, 15) is 18.3 Å². The Labute approximate surface area is 117 Å². The monoisotopic (exact) mass is 287 g/mol. The molecule has 0 bridgehead atoms. The molecule has 20 heavy (non-hydrogen) atoms. The molecule has 1 aliphatic rings. The maximum Gasteiger partial charge on any atom is 0.416 e. The first-order chi connectivity index (χ1) is 9.23. The minimum atomic E-state index is -4.33. The van der Waals surface area contributed by atoms with Gasteiger partial charge in [-0.05, 0) is 57.0 Å². The second-order valence-corrected chi connectivity index (χ2v) is 5.83. The normalized spacial score (nSPS) is 19.1. The van der Waals surface area contributed by atoms with Crippen LogP contribution in [-0.4, -0.2) is 30.6 Å². The van der Waals surface area contributed by atoms with Gasteiger partial charge in [0.15, 0.2) is 0 Å². The number of rotatable bonds is 5. The number of alkyl halides is 3. The topological polar surface area (TPSA) is 23.5 Å². The van der Waals surface area contributed by atoms with E-state index in [1.807, 2.05) is 19.0 Å². The van der Waals surface area contributed by atoms with E-state index in [1.165, 1.54) is 12.1 Å². The Bertz CT molecular complexity index is 451. The van der Waals surface area contributed by atoms with Crippen molar-refractivity contribution < 1.29 is 18.3 Å². The Balaban J connectivity index is 2.21. The second kappa shape index (κ2) is 5.37. The van der Waals surface area contributed by atoms with Crippen LogP contribution in [0.3, 0.4) is 0 Å². The van der Waals surface area contributed by atoms with Crippen molar-refractivity contribution in [1.29, 1.82) is 0 Å². The van der Waals surface area contributed by atoms with E-state index in [2.05, 4.69) is 0 Å². The average molecular weight is 287 g/mol. The molecule has 1 aromatic carbocycles. The molecule has 0 heterocycles. The fourth-order valence-corrected chi connectivity index (χ4v) is 2.49. The summed E-state index contributed by atoms with van der Waals surface area (Å²) in [5.74, 6) is 0.166. The lowest BCUT2D eigenvalue weighted by molar-refractivity contribution is -0.137. The van der Waals surface area contributed by atoms with E-state index in [4.69, 9.17) is 0 Å². The molecule has 1 atom stereocenters. The third-order valence-corrected chi connectivity index (χ3v) is 3.90. The molecular formula is C15H20F3NO. The van der Waals surface area contributed by atoms with Gasteiger partial charge in [0.25, 0.3) is 0 Å². The first-order valence-electron chi connectivity index (χ1n) is 6.78. The van der Waals surface area contributed by atoms with Crippen LogP contribution >= 0.6 is 0 Å². The standard InChI is InChI=1S/C15H20F3NO/c1-19(2)10-9-14(20,11-3-4-11)12-5-7-13(8-6-12)15(16,17)18/h5-8,11,20H,3-4,9-10H2,1-2H3. The van der Waals surface area contributed by atoms with Crippen LogP contribution in [0.2, 0.25) is 0 Å². The van der Waals surface area contributed by atoms with Crippen LogP contribution in [-0.2, 0) is 11.8 Å². The number of benzene rings is 1. The fraction of sp³-hybridized carbons (Fsp3) is 0.600. The van der Waals surface area contributed by atoms with Gasteiger partial charge in [0.2, 0.25) is 0 Å². The van der Waals surface area contributed by atoms with Crippen molar-refractivity contribution in [3.05, 3.63) is 35.4 Å². The van der Waals surface area contributed by atoms with Crippen LogP contribution in [0, 0.1) is 5.92 Å². The number of hydrogen-bond donors (Lipinski definition) is 1. The summed E-state index contributed by atoms with van der Waals surface area (Å²) in [6, 6.07) is 4.93. The summed E-state index contributed by atoms with van der Waals surface area (Å²) in [6.07, 6.45) is -1.92. The summed E-state index contributed by atoms with van der Waals surface area (Å²) in [5.41, 5.74) is -1.09. The zero-order chi connectivity index (χ0) is 15.0. The molecule has 0 radical (unpaired) electrons. The van der Waals surface area contributed by atoms with Crippen LogP contribution in [0.1, 0.15) is 30.4 Å². The highest BCUT2D eigenvalue weighted by Crippen LogP contribution is 2.48. The maximum absolute atomic E-state index is 12.6. The Morgan fingerprint density at radius 1 is 1.10 bits per heavy atom. The van der Waals surface area contributed by atoms with Gasteiger partial charge in [-0.3, -0.25) is 0 Å². The molecule has 0 amide bonds. The predicted octanol–water partition coefficient (Wildman–Crippen LogP) is 3.25. The largest absolute Gasteiger partial charge is 0.416 e. The zero-order valence-corrected chi connectivity index (χ0v) is 11.7. The first-order valence-corrected chi connectivity index (χ1v) is 6.78. The molecule has 0 aliphatic heterocycles. The Hall–Kier alpha value is -1.07. The van der Waals surface area contributed by atoms with Crippen LogP contribution in [0.25, 0.3) is 0 Å². The molecular weight excluding hydrogens is 267 g/mol. The van der Waals surface area contributed by atoms with Gasteiger partial charge in [-0.1, -0.05) is 12.1 Å². The highest BCUT2D eigenvalue weighted by Gasteiger charge is 2.45. The highest BCUT2D eigenvalue weighted by molar-refractivity contribution is 5.30. The molecule has 112 valence electrons. The van der Waals surface area contributed by atoms with Gasteiger partial charge in [0.05, 0.1) is 11.2 Å². The van der Waals surface area contributed by atoms with E-state index in [-0.39, 0.29) is 5.92 Å². The lowest BCUT2D eigenvalue weighted by Gasteiger charge is -2.30. The van der Waals surface area contributed by atoms with Crippen molar-refractivity contribution in [1.82, 2.24) is 4.90 Å². The van der Waals surface area contributed by atoms with E-state index >= 15 is 0 Å². The first kappa shape index (κ1) is 15.3. The highest BCUT2D eigenvalue weighted by atomic mass is 19.4. The molecule has 1 aromatic rings. The summed E-state index contributed by atoms with van der Waals surface area (Å²) < 4.78 is 37.7. The van der Waals surface area contributed by atoms with Gasteiger partial charge in [-0.2, -0.15) is 13.2 Å². The molecule has 0 saturated heterocycles. The Kier molecular flexibility index (Phi) is 4.12. The average Bonchev–Trinajstić information content (AvgIpc) is 3.19. The number of hydrogen-bond acceptors (Lipinski definition) is 2. The molecule has 1 unspecified atom stereocenters. The second-order valence-electron chi connectivity index (χ2n) is 5.83. The summed E-state index contributed by atoms with van der Waals surface area (Å²) in [4.78, 5) is 1.97. The lowest BCUT2D eigenvalue weighted by Crippen LogP contribution is -2.32. The minimum absolute atomic E-state index is 0.166. The number of aliphatic hydroxyl groups is 1. The van der Waals surface area contributed by atoms with Crippen molar-refractivity contribution in [3.8, 4) is 0 Å². The molecule has 1 N–H and O–H groups in total. The summed E-state index contributed by atoms with van der Waals surface area (Å²) in [7, 11) is 3.83. The van der Waals surface area contributed by atoms with Crippen molar-refractivity contribution >= 4 is 0 Å². The van der Waals surface area contributed by atoms with Crippen LogP contribution in [0.15, 0.2) is 24.3 Å². The number of halogens is 3. The van der Waals surface area contributed by atoms with Gasteiger partial charge in [0, 0.05) is 6.54 Å². The van der Waals surface area contributed by atoms with Crippen molar-refractivity contribution in [2.24, 2.45) is 5.92 Å². The van der Waals surface area contributed by atoms with Crippen LogP contribution < -0.4 is 0 Å². The van der Waals surface area contributed by atoms with Gasteiger partial charge >= 0.3 is 6.18 Å². The van der Waals surface area contributed by atoms with Gasteiger partial charge < -0.3 is 10.0 Å². The van der Waals surface area contributed by atoms with Crippen LogP contribution in [0.5, 0.6) is 0 Å². The third-order valence-electron chi connectivity index (χ3n) is 3.90. The molecule has 2 nitrogen and oxygen atoms in total. The fourth-order valence-electron chi connectivity index (χ4n) is 2.49. The van der Waals surface area contributed by atoms with Crippen molar-refractivity contribution in [2.75, 3.05) is 20.6 Å². The summed E-state index contributed by atoms with van der Waals surface area (Å²) in [5, 5.41) is 10.9. The zero-order valence-electron chi connectivity index (χ0n) is 11.7. The SMILES string of the molecule is CN(C)CCC(O)(c1ccc(C(F)(F)F)cc1)C1CC1. The number of nitrogens with zero attached hydrogens (tertiary/aromatic N) is 1. The van der Waals surface area contributed by atoms with Crippen LogP contribution in [0.4, 0.5) is 13.2 Å². The van der Waals surface area contributed by atoms with E-state index < -0.39 is 17.3 Å². The maximum atomic E-state index is 12.6. The molecule has 0 aromatic heterocycles. The predicted molar refractivity (Wildman–Crippen MR) is 71.2 cm³/mol. The van der Waals surface area contributed by atoms with E-state index in [1.54, 1.807) is 0 Å². The van der Waals surface area contributed by atoms with E-state index in [0.29, 0.717) is 18.5 Å². The quantitative estimate of drug-likeness (QED) is 0.898. The molecule has 1 aliphatic carbocycles. The van der Waals surface area contributed by atoms with E-state index in [0.717, 1.165) is 25.0 Å².